The van der Waals surface area contributed by atoms with Crippen molar-refractivity contribution in [1.82, 2.24) is 19.6 Å². The van der Waals surface area contributed by atoms with E-state index in [9.17, 15) is 35.9 Å². The van der Waals surface area contributed by atoms with Crippen LogP contribution in [0, 0.1) is 0 Å². The summed E-state index contributed by atoms with van der Waals surface area (Å²) in [6, 6.07) is 6.37. The number of hydrogen-bond donors (Lipinski definition) is 1. The fraction of sp³-hybridized carbons (Fsp3) is 0.379. The van der Waals surface area contributed by atoms with E-state index in [1.807, 2.05) is 16.8 Å². The number of hydrogen-bond acceptors (Lipinski definition) is 6. The van der Waals surface area contributed by atoms with Gasteiger partial charge in [-0.1, -0.05) is 12.1 Å². The molecule has 8 nitrogen and oxygen atoms in total. The quantitative estimate of drug-likeness (QED) is 0.289. The molecule has 2 aromatic carbocycles. The van der Waals surface area contributed by atoms with E-state index in [4.69, 9.17) is 5.73 Å². The second kappa shape index (κ2) is 11.9. The van der Waals surface area contributed by atoms with Crippen molar-refractivity contribution in [2.75, 3.05) is 20.1 Å². The first-order valence-electron chi connectivity index (χ1n) is 13.6. The molecule has 1 atom stereocenters. The molecule has 1 unspecified atom stereocenters. The Morgan fingerprint density at radius 1 is 1.11 bits per heavy atom. The number of piperidine rings is 1. The highest BCUT2D eigenvalue weighted by Crippen LogP contribution is 2.38. The van der Waals surface area contributed by atoms with Crippen molar-refractivity contribution in [3.8, 4) is 0 Å². The molecule has 1 aromatic heterocycles. The molecule has 5 rings (SSSR count). The first-order valence-corrected chi connectivity index (χ1v) is 14.4. The van der Waals surface area contributed by atoms with Gasteiger partial charge < -0.3 is 10.6 Å². The number of amidine groups is 1. The largest absolute Gasteiger partial charge is 0.416 e. The summed E-state index contributed by atoms with van der Waals surface area (Å²) in [4.78, 5) is 32.8. The van der Waals surface area contributed by atoms with Gasteiger partial charge in [0.05, 0.1) is 40.3 Å². The van der Waals surface area contributed by atoms with Crippen LogP contribution >= 0.6 is 11.8 Å². The maximum Gasteiger partial charge on any atom is 0.416 e. The Hall–Kier alpha value is -3.85. The van der Waals surface area contributed by atoms with E-state index in [-0.39, 0.29) is 29.6 Å². The Balaban J connectivity index is 1.29. The van der Waals surface area contributed by atoms with Crippen LogP contribution in [0.2, 0.25) is 0 Å². The molecule has 3 aromatic rings. The van der Waals surface area contributed by atoms with Gasteiger partial charge in [-0.2, -0.15) is 36.4 Å². The summed E-state index contributed by atoms with van der Waals surface area (Å²) in [7, 11) is 1.88. The van der Waals surface area contributed by atoms with Gasteiger partial charge in [-0.15, -0.1) is 0 Å². The fourth-order valence-corrected chi connectivity index (χ4v) is 6.28. The number of alkyl halides is 6. The van der Waals surface area contributed by atoms with E-state index in [0.717, 1.165) is 18.9 Å². The molecule has 0 aliphatic carbocycles. The topological polar surface area (TPSA) is 96.8 Å². The average Bonchev–Trinajstić information content (AvgIpc) is 3.53. The number of halogens is 6. The zero-order valence-corrected chi connectivity index (χ0v) is 24.4. The van der Waals surface area contributed by atoms with Crippen molar-refractivity contribution in [3.63, 3.8) is 0 Å². The molecule has 2 N–H and O–H groups in total. The summed E-state index contributed by atoms with van der Waals surface area (Å²) in [6.45, 7) is 2.77. The van der Waals surface area contributed by atoms with Crippen molar-refractivity contribution in [3.05, 3.63) is 69.8 Å². The minimum absolute atomic E-state index is 0.114. The van der Waals surface area contributed by atoms with Crippen molar-refractivity contribution in [2.45, 2.75) is 50.7 Å². The first-order chi connectivity index (χ1) is 20.6. The van der Waals surface area contributed by atoms with Gasteiger partial charge in [-0.25, -0.2) is 0 Å². The van der Waals surface area contributed by atoms with Gasteiger partial charge in [0, 0.05) is 31.6 Å². The van der Waals surface area contributed by atoms with Crippen molar-refractivity contribution in [1.29, 1.82) is 0 Å². The molecule has 2 amide bonds. The zero-order chi connectivity index (χ0) is 32.0. The molecule has 0 spiro atoms. The maximum absolute atomic E-state index is 13.6. The monoisotopic (exact) mass is 638 g/mol. The molecule has 2 aliphatic rings. The number of nitrogens with zero attached hydrogens (tertiary/aromatic N) is 5. The molecule has 0 saturated carbocycles. The van der Waals surface area contributed by atoms with Crippen LogP contribution in [-0.2, 0) is 28.5 Å². The summed E-state index contributed by atoms with van der Waals surface area (Å²) in [5.41, 5.74) is 3.43. The van der Waals surface area contributed by atoms with Crippen LogP contribution in [0.15, 0.2) is 52.5 Å². The van der Waals surface area contributed by atoms with Gasteiger partial charge in [0.25, 0.3) is 5.91 Å². The number of fused-ring (bicyclic) bond motifs is 1. The highest BCUT2D eigenvalue weighted by molar-refractivity contribution is 8.18. The van der Waals surface area contributed by atoms with Crippen LogP contribution in [0.25, 0.3) is 17.0 Å². The normalized spacial score (nSPS) is 18.7. The second-order valence-electron chi connectivity index (χ2n) is 10.8. The lowest BCUT2D eigenvalue weighted by Crippen LogP contribution is -2.50. The molecular formula is C29H28F6N6O2S. The minimum atomic E-state index is -4.99. The number of carbonyl (C=O) groups is 2. The molecule has 44 heavy (non-hydrogen) atoms. The third-order valence-electron chi connectivity index (χ3n) is 7.94. The molecule has 3 heterocycles. The number of aliphatic imine (C=N–C) groups is 1. The molecule has 1 saturated heterocycles. The van der Waals surface area contributed by atoms with Crippen LogP contribution in [0.4, 0.5) is 26.3 Å². The Bertz CT molecular complexity index is 1660. The fourth-order valence-electron chi connectivity index (χ4n) is 5.33. The van der Waals surface area contributed by atoms with E-state index < -0.39 is 35.9 Å². The number of thioether (sulfide) groups is 1. The lowest BCUT2D eigenvalue weighted by Gasteiger charge is -2.38. The van der Waals surface area contributed by atoms with Gasteiger partial charge in [0.1, 0.15) is 0 Å². The van der Waals surface area contributed by atoms with E-state index in [1.54, 1.807) is 31.2 Å². The number of nitrogens with two attached hydrogens (primary N) is 1. The Kier molecular flexibility index (Phi) is 8.55. The van der Waals surface area contributed by atoms with E-state index >= 15 is 0 Å². The highest BCUT2D eigenvalue weighted by Gasteiger charge is 2.38. The number of benzene rings is 2. The molecule has 1 fully saturated rings. The summed E-state index contributed by atoms with van der Waals surface area (Å²) in [5.74, 6) is -0.761. The number of likely N-dealkylation sites (tertiary alicyclic amines) is 1. The number of amides is 2. The molecular weight excluding hydrogens is 610 g/mol. The van der Waals surface area contributed by atoms with E-state index in [2.05, 4.69) is 10.1 Å². The smallest absolute Gasteiger partial charge is 0.368 e. The Morgan fingerprint density at radius 2 is 1.82 bits per heavy atom. The zero-order valence-electron chi connectivity index (χ0n) is 23.6. The molecule has 234 valence electrons. The standard InChI is InChI=1S/C29H28F6N6O2S/c1-16(25(36)42)40-9-7-21(8-10-40)39(2)27-38-26(43)24(44-27)12-17-3-6-23-19(11-17)14-37-41(23)15-18-4-5-20(28(30,31)32)13-22(18)29(33,34)35/h3-6,11-14,16,21H,7-10,15H2,1-2H3,(H2,36,42)/b24-12-. The van der Waals surface area contributed by atoms with Gasteiger partial charge in [-0.3, -0.25) is 19.2 Å². The van der Waals surface area contributed by atoms with Gasteiger partial charge in [0.2, 0.25) is 5.91 Å². The van der Waals surface area contributed by atoms with Crippen molar-refractivity contribution < 1.29 is 35.9 Å². The molecule has 0 radical (unpaired) electrons. The van der Waals surface area contributed by atoms with Crippen molar-refractivity contribution in [2.24, 2.45) is 10.7 Å². The third-order valence-corrected chi connectivity index (χ3v) is 9.02. The summed E-state index contributed by atoms with van der Waals surface area (Å²) >= 11 is 1.24. The SMILES string of the molecule is CC(C(N)=O)N1CCC(N(C)C2=NC(=O)/C(=C/c3ccc4c(cnn4Cc4ccc(C(F)(F)F)cc4C(F)(F)F)c3)S2)CC1. The lowest BCUT2D eigenvalue weighted by molar-refractivity contribution is -0.143. The summed E-state index contributed by atoms with van der Waals surface area (Å²) in [5, 5.41) is 5.30. The summed E-state index contributed by atoms with van der Waals surface area (Å²) < 4.78 is 81.3. The van der Waals surface area contributed by atoms with E-state index in [0.29, 0.717) is 45.7 Å². The maximum atomic E-state index is 13.6. The van der Waals surface area contributed by atoms with Gasteiger partial charge >= 0.3 is 12.4 Å². The number of aromatic nitrogens is 2. The highest BCUT2D eigenvalue weighted by atomic mass is 32.2. The molecule has 0 bridgehead atoms. The second-order valence-corrected chi connectivity index (χ2v) is 11.8. The number of primary amides is 1. The average molecular weight is 639 g/mol. The van der Waals surface area contributed by atoms with Crippen LogP contribution in [0.1, 0.15) is 42.0 Å². The van der Waals surface area contributed by atoms with Crippen LogP contribution in [0.3, 0.4) is 0 Å². The van der Waals surface area contributed by atoms with Crippen LogP contribution < -0.4 is 5.73 Å². The number of carbonyl (C=O) groups excluding carboxylic acids is 2. The predicted octanol–water partition coefficient (Wildman–Crippen LogP) is 5.36. The number of rotatable bonds is 6. The minimum Gasteiger partial charge on any atom is -0.368 e. The Morgan fingerprint density at radius 3 is 2.45 bits per heavy atom. The predicted molar refractivity (Wildman–Crippen MR) is 154 cm³/mol. The van der Waals surface area contributed by atoms with Crippen LogP contribution in [0.5, 0.6) is 0 Å². The lowest BCUT2D eigenvalue weighted by atomic mass is 10.0. The van der Waals surface area contributed by atoms with Crippen LogP contribution in [-0.4, -0.2) is 68.8 Å². The molecule has 15 heteroatoms. The van der Waals surface area contributed by atoms with Crippen molar-refractivity contribution >= 4 is 45.7 Å². The third kappa shape index (κ3) is 6.62. The molecule has 2 aliphatic heterocycles. The van der Waals surface area contributed by atoms with Gasteiger partial charge in [-0.05, 0) is 73.0 Å². The van der Waals surface area contributed by atoms with E-state index in [1.165, 1.54) is 22.6 Å². The summed E-state index contributed by atoms with van der Waals surface area (Å²) in [6.07, 6.45) is -5.23. The first kappa shape index (κ1) is 31.6. The Labute approximate surface area is 252 Å². The van der Waals surface area contributed by atoms with Gasteiger partial charge in [0.15, 0.2) is 5.17 Å².